The Morgan fingerprint density at radius 1 is 0.937 bits per heavy atom. The van der Waals surface area contributed by atoms with Crippen molar-refractivity contribution in [1.82, 2.24) is 4.90 Å². The number of aldehydes is 1. The van der Waals surface area contributed by atoms with E-state index in [0.29, 0.717) is 65.9 Å². The van der Waals surface area contributed by atoms with Crippen LogP contribution in [0.4, 0.5) is 0 Å². The average Bonchev–Trinajstić information content (AvgIpc) is 4.01. The minimum atomic E-state index is -1.39. The number of benzene rings is 3. The standard InChI is InChI=1S/C51H62N2O10/c1-3-25-61-51-47(53(48(57)22-18-34-11-4-5-12-34)31-35-17-20-45-46(27-35)60-33-59-45)30-43(52-58-2)41-28-37(14-6-8-23-54)40(16-7-9-24-55)49(50(41)51)42-29-39(19-21-44(42)63-51)62-38-15-10-13-36(26-38)32-56/h3,10,13,15,17,19-21,26-29,32,34,37,40,47,49-50,54-55H,1,4-9,11-12,14,16,18,22-25,30-31,33H2,2H3/t37-,40+,47-,49+,50+,51+/m0/s1. The van der Waals surface area contributed by atoms with Crippen molar-refractivity contribution in [3.05, 3.63) is 102 Å². The molecule has 1 amide bonds. The van der Waals surface area contributed by atoms with Crippen LogP contribution in [-0.2, 0) is 20.9 Å². The number of rotatable bonds is 21. The van der Waals surface area contributed by atoms with Crippen LogP contribution < -0.4 is 18.9 Å². The molecule has 336 valence electrons. The summed E-state index contributed by atoms with van der Waals surface area (Å²) >= 11 is 0. The van der Waals surface area contributed by atoms with E-state index in [0.717, 1.165) is 73.6 Å². The van der Waals surface area contributed by atoms with E-state index in [1.165, 1.54) is 12.8 Å². The van der Waals surface area contributed by atoms with Crippen LogP contribution in [-0.4, -0.2) is 78.6 Å². The highest BCUT2D eigenvalue weighted by Gasteiger charge is 2.65. The van der Waals surface area contributed by atoms with Crippen LogP contribution in [0.15, 0.2) is 90.1 Å². The first-order valence-electron chi connectivity index (χ1n) is 22.9. The molecule has 0 aromatic heterocycles. The maximum Gasteiger partial charge on any atom is 0.239 e. The number of oxime groups is 1. The van der Waals surface area contributed by atoms with Crippen molar-refractivity contribution < 1.29 is 48.3 Å². The van der Waals surface area contributed by atoms with Gasteiger partial charge >= 0.3 is 0 Å². The quantitative estimate of drug-likeness (QED) is 0.0460. The number of carbonyl (C=O) groups excluding carboxylic acids is 2. The Morgan fingerprint density at radius 3 is 2.49 bits per heavy atom. The van der Waals surface area contributed by atoms with E-state index in [4.69, 9.17) is 33.7 Å². The molecule has 12 heteroatoms. The van der Waals surface area contributed by atoms with E-state index in [-0.39, 0.29) is 56.8 Å². The third kappa shape index (κ3) is 9.54. The molecule has 6 atom stereocenters. The lowest BCUT2D eigenvalue weighted by Gasteiger charge is -2.60. The van der Waals surface area contributed by atoms with Gasteiger partial charge in [0.25, 0.3) is 0 Å². The molecule has 2 heterocycles. The predicted molar refractivity (Wildman–Crippen MR) is 238 cm³/mol. The van der Waals surface area contributed by atoms with E-state index in [1.807, 2.05) is 47.4 Å². The topological polar surface area (TPSA) is 146 Å². The summed E-state index contributed by atoms with van der Waals surface area (Å²) in [7, 11) is 1.56. The molecule has 2 N–H and O–H groups in total. The molecule has 2 aliphatic heterocycles. The number of hydrogen-bond donors (Lipinski definition) is 2. The molecule has 5 aliphatic rings. The zero-order chi connectivity index (χ0) is 43.8. The van der Waals surface area contributed by atoms with E-state index in [1.54, 1.807) is 31.4 Å². The van der Waals surface area contributed by atoms with Gasteiger partial charge in [-0.3, -0.25) is 9.59 Å². The smallest absolute Gasteiger partial charge is 0.239 e. The summed E-state index contributed by atoms with van der Waals surface area (Å²) in [5.41, 5.74) is 4.05. The minimum Gasteiger partial charge on any atom is -0.459 e. The molecule has 0 bridgehead atoms. The van der Waals surface area contributed by atoms with Crippen LogP contribution in [0.1, 0.15) is 111 Å². The molecule has 0 saturated heterocycles. The van der Waals surface area contributed by atoms with Crippen LogP contribution in [0.3, 0.4) is 0 Å². The number of allylic oxidation sites excluding steroid dienone is 1. The van der Waals surface area contributed by atoms with Crippen molar-refractivity contribution >= 4 is 17.9 Å². The van der Waals surface area contributed by atoms with Crippen molar-refractivity contribution in [3.8, 4) is 28.7 Å². The Balaban J connectivity index is 1.30. The number of ether oxygens (including phenoxy) is 5. The number of amides is 1. The highest BCUT2D eigenvalue weighted by Crippen LogP contribution is 2.62. The molecule has 0 unspecified atom stereocenters. The lowest BCUT2D eigenvalue weighted by Crippen LogP contribution is -2.70. The summed E-state index contributed by atoms with van der Waals surface area (Å²) in [6.07, 6.45) is 15.6. The predicted octanol–water partition coefficient (Wildman–Crippen LogP) is 9.28. The van der Waals surface area contributed by atoms with Crippen molar-refractivity contribution in [2.45, 2.75) is 108 Å². The molecule has 3 aliphatic carbocycles. The summed E-state index contributed by atoms with van der Waals surface area (Å²) < 4.78 is 32.6. The molecule has 3 aromatic carbocycles. The second-order valence-corrected chi connectivity index (χ2v) is 17.6. The number of unbranched alkanes of at least 4 members (excludes halogenated alkanes) is 2. The van der Waals surface area contributed by atoms with Crippen LogP contribution in [0, 0.1) is 23.7 Å². The molecular weight excluding hydrogens is 801 g/mol. The van der Waals surface area contributed by atoms with Gasteiger partial charge in [-0.05, 0) is 103 Å². The van der Waals surface area contributed by atoms with E-state index in [2.05, 4.69) is 12.7 Å². The molecule has 12 nitrogen and oxygen atoms in total. The lowest BCUT2D eigenvalue weighted by atomic mass is 9.55. The van der Waals surface area contributed by atoms with Gasteiger partial charge in [0.2, 0.25) is 18.5 Å². The molecule has 0 radical (unpaired) electrons. The van der Waals surface area contributed by atoms with Crippen molar-refractivity contribution in [2.24, 2.45) is 28.8 Å². The summed E-state index contributed by atoms with van der Waals surface area (Å²) in [4.78, 5) is 34.5. The second-order valence-electron chi connectivity index (χ2n) is 17.6. The Morgan fingerprint density at radius 2 is 1.71 bits per heavy atom. The number of aliphatic hydroxyl groups excluding tert-OH is 2. The number of aliphatic hydroxyl groups is 2. The van der Waals surface area contributed by atoms with Gasteiger partial charge in [-0.1, -0.05) is 74.0 Å². The normalized spacial score (nSPS) is 25.1. The van der Waals surface area contributed by atoms with Crippen molar-refractivity contribution in [3.63, 3.8) is 0 Å². The van der Waals surface area contributed by atoms with Gasteiger partial charge < -0.3 is 43.6 Å². The van der Waals surface area contributed by atoms with E-state index >= 15 is 4.79 Å². The Hall–Kier alpha value is -5.17. The number of nitrogens with zero attached hydrogens (tertiary/aromatic N) is 2. The van der Waals surface area contributed by atoms with Gasteiger partial charge in [-0.25, -0.2) is 0 Å². The first kappa shape index (κ1) is 44.4. The van der Waals surface area contributed by atoms with Crippen molar-refractivity contribution in [1.29, 1.82) is 0 Å². The fourth-order valence-corrected chi connectivity index (χ4v) is 11.0. The highest BCUT2D eigenvalue weighted by molar-refractivity contribution is 6.03. The van der Waals surface area contributed by atoms with Gasteiger partial charge in [0.1, 0.15) is 36.7 Å². The third-order valence-corrected chi connectivity index (χ3v) is 13.8. The fourth-order valence-electron chi connectivity index (χ4n) is 11.0. The molecule has 3 aromatic rings. The van der Waals surface area contributed by atoms with Crippen LogP contribution in [0.5, 0.6) is 28.7 Å². The Labute approximate surface area is 370 Å². The lowest BCUT2D eigenvalue weighted by molar-refractivity contribution is -0.258. The molecule has 2 fully saturated rings. The monoisotopic (exact) mass is 862 g/mol. The summed E-state index contributed by atoms with van der Waals surface area (Å²) in [5, 5.41) is 24.7. The highest BCUT2D eigenvalue weighted by atomic mass is 16.7. The Kier molecular flexibility index (Phi) is 14.5. The third-order valence-electron chi connectivity index (χ3n) is 13.8. The number of hydrogen-bond acceptors (Lipinski definition) is 11. The minimum absolute atomic E-state index is 0.0137. The summed E-state index contributed by atoms with van der Waals surface area (Å²) in [6.45, 7) is 4.85. The van der Waals surface area contributed by atoms with Crippen LogP contribution in [0.2, 0.25) is 0 Å². The number of fused-ring (bicyclic) bond motifs is 3. The first-order valence-corrected chi connectivity index (χ1v) is 22.9. The average molecular weight is 863 g/mol. The van der Waals surface area contributed by atoms with E-state index in [9.17, 15) is 15.0 Å². The maximum atomic E-state index is 15.2. The molecule has 8 rings (SSSR count). The molecule has 2 saturated carbocycles. The van der Waals surface area contributed by atoms with Crippen LogP contribution >= 0.6 is 0 Å². The molecule has 0 spiro atoms. The largest absolute Gasteiger partial charge is 0.459 e. The number of carbonyl (C=O) groups is 2. The maximum absolute atomic E-state index is 15.2. The fraction of sp³-hybridized carbons (Fsp3) is 0.510. The molecular formula is C51H62N2O10. The Bertz CT molecular complexity index is 2150. The second kappa shape index (κ2) is 20.6. The van der Waals surface area contributed by atoms with Gasteiger partial charge in [-0.15, -0.1) is 6.58 Å². The van der Waals surface area contributed by atoms with Gasteiger partial charge in [0, 0.05) is 49.6 Å². The first-order chi connectivity index (χ1) is 30.9. The zero-order valence-electron chi connectivity index (χ0n) is 36.5. The van der Waals surface area contributed by atoms with E-state index < -0.39 is 17.7 Å². The summed E-state index contributed by atoms with van der Waals surface area (Å²) in [5.74, 6) is 1.67. The van der Waals surface area contributed by atoms with Crippen molar-refractivity contribution in [2.75, 3.05) is 33.7 Å². The molecule has 63 heavy (non-hydrogen) atoms. The summed E-state index contributed by atoms with van der Waals surface area (Å²) in [6, 6.07) is 18.1. The zero-order valence-corrected chi connectivity index (χ0v) is 36.5. The van der Waals surface area contributed by atoms with Crippen LogP contribution in [0.25, 0.3) is 0 Å². The van der Waals surface area contributed by atoms with Gasteiger partial charge in [-0.2, -0.15) is 0 Å². The van der Waals surface area contributed by atoms with Gasteiger partial charge in [0.15, 0.2) is 11.5 Å². The van der Waals surface area contributed by atoms with Gasteiger partial charge in [0.05, 0.1) is 18.2 Å². The SMILES string of the molecule is C=CCO[C@@]12Oc3ccc(Oc4cccc(C=O)c4)cc3[C@H]3[C@H](CCCCO)[C@@H](CCCCO)C=C(C(=NOC)C[C@@H]1N(Cc1ccc4c(c1)OCO4)C(=O)CCC1CCCC1)[C@H]32.